The van der Waals surface area contributed by atoms with Crippen LogP contribution in [0.2, 0.25) is 0 Å². The highest BCUT2D eigenvalue weighted by atomic mass is 31.2. The van der Waals surface area contributed by atoms with Crippen molar-refractivity contribution in [2.24, 2.45) is 0 Å². The van der Waals surface area contributed by atoms with E-state index in [0.717, 1.165) is 12.8 Å². The van der Waals surface area contributed by atoms with Gasteiger partial charge in [-0.25, -0.2) is 0 Å². The molecule has 0 amide bonds. The Hall–Kier alpha value is 0.150. The topological polar surface area (TPSA) is 46.5 Å². The molecule has 0 aromatic carbocycles. The Bertz CT molecular complexity index is 143. The molecule has 0 radical (unpaired) electrons. The monoisotopic (exact) mass is 180 g/mol. The number of hydrogen-bond acceptors (Lipinski definition) is 2. The van der Waals surface area contributed by atoms with Gasteiger partial charge in [0.15, 0.2) is 0 Å². The van der Waals surface area contributed by atoms with E-state index in [0.29, 0.717) is 0 Å². The normalized spacial score (nSPS) is 16.8. The van der Waals surface area contributed by atoms with Gasteiger partial charge < -0.3 is 9.63 Å². The molecular formula is C7H17O3P. The molecule has 0 rings (SSSR count). The Balaban J connectivity index is 4.13. The molecule has 0 fully saturated rings. The summed E-state index contributed by atoms with van der Waals surface area (Å²) in [5.74, 6) is 0. The molecule has 0 aromatic rings. The highest BCUT2D eigenvalue weighted by Gasteiger charge is 2.27. The second-order valence-corrected chi connectivity index (χ2v) is 5.14. The van der Waals surface area contributed by atoms with E-state index < -0.39 is 7.37 Å². The molecule has 1 atom stereocenters. The van der Waals surface area contributed by atoms with Gasteiger partial charge in [-0.3, -0.25) is 4.57 Å². The second kappa shape index (κ2) is 4.91. The summed E-state index contributed by atoms with van der Waals surface area (Å²) in [6.45, 7) is 3.85. The highest BCUT2D eigenvalue weighted by Crippen LogP contribution is 2.48. The predicted octanol–water partition coefficient (Wildman–Crippen LogP) is 2.05. The van der Waals surface area contributed by atoms with E-state index in [4.69, 9.17) is 0 Å². The lowest BCUT2D eigenvalue weighted by Crippen LogP contribution is -2.09. The van der Waals surface area contributed by atoms with Crippen molar-refractivity contribution >= 4 is 7.37 Å². The number of methoxy groups -OCH3 is 1. The fourth-order valence-electron chi connectivity index (χ4n) is 1.15. The quantitative estimate of drug-likeness (QED) is 0.658. The maximum absolute atomic E-state index is 11.4. The van der Waals surface area contributed by atoms with Crippen LogP contribution >= 0.6 is 7.37 Å². The Kier molecular flexibility index (Phi) is 4.98. The van der Waals surface area contributed by atoms with Crippen molar-refractivity contribution < 1.29 is 14.2 Å². The number of hydrogen-bond donors (Lipinski definition) is 1. The molecule has 0 aliphatic rings. The van der Waals surface area contributed by atoms with Gasteiger partial charge in [-0.15, -0.1) is 0 Å². The molecule has 11 heavy (non-hydrogen) atoms. The van der Waals surface area contributed by atoms with E-state index in [2.05, 4.69) is 4.74 Å². The van der Waals surface area contributed by atoms with Crippen molar-refractivity contribution in [2.45, 2.75) is 32.3 Å². The van der Waals surface area contributed by atoms with Crippen molar-refractivity contribution in [2.75, 3.05) is 13.5 Å². The molecule has 0 bridgehead atoms. The van der Waals surface area contributed by atoms with Gasteiger partial charge in [-0.05, 0) is 12.8 Å². The van der Waals surface area contributed by atoms with Gasteiger partial charge in [0, 0.05) is 12.8 Å². The van der Waals surface area contributed by atoms with Crippen molar-refractivity contribution in [1.29, 1.82) is 0 Å². The third kappa shape index (κ3) is 3.37. The molecule has 1 N–H and O–H groups in total. The fourth-order valence-corrected chi connectivity index (χ4v) is 2.87. The largest absolute Gasteiger partial charge is 0.375 e. The SMILES string of the molecule is CCC(CC)P(=O)(O)COC. The summed E-state index contributed by atoms with van der Waals surface area (Å²) in [4.78, 5) is 9.40. The molecular weight excluding hydrogens is 163 g/mol. The first-order valence-electron chi connectivity index (χ1n) is 3.88. The van der Waals surface area contributed by atoms with Gasteiger partial charge >= 0.3 is 0 Å². The van der Waals surface area contributed by atoms with E-state index in [1.807, 2.05) is 13.8 Å². The minimum atomic E-state index is -3.02. The first-order chi connectivity index (χ1) is 5.08. The van der Waals surface area contributed by atoms with Crippen LogP contribution in [0.4, 0.5) is 0 Å². The Morgan fingerprint density at radius 2 is 1.91 bits per heavy atom. The maximum atomic E-state index is 11.4. The molecule has 0 aliphatic carbocycles. The van der Waals surface area contributed by atoms with Gasteiger partial charge in [0.1, 0.15) is 6.35 Å². The van der Waals surface area contributed by atoms with E-state index in [9.17, 15) is 9.46 Å². The average molecular weight is 180 g/mol. The van der Waals surface area contributed by atoms with Crippen molar-refractivity contribution in [1.82, 2.24) is 0 Å². The first kappa shape index (κ1) is 11.2. The molecule has 0 saturated heterocycles. The summed E-state index contributed by atoms with van der Waals surface area (Å²) in [6, 6.07) is 0. The van der Waals surface area contributed by atoms with Gasteiger partial charge in [-0.2, -0.15) is 0 Å². The Morgan fingerprint density at radius 3 is 2.18 bits per heavy atom. The van der Waals surface area contributed by atoms with Crippen LogP contribution in [-0.4, -0.2) is 24.0 Å². The maximum Gasteiger partial charge on any atom is 0.228 e. The molecule has 0 aliphatic heterocycles. The van der Waals surface area contributed by atoms with E-state index in [-0.39, 0.29) is 12.0 Å². The van der Waals surface area contributed by atoms with Crippen LogP contribution in [-0.2, 0) is 9.30 Å². The second-order valence-electron chi connectivity index (χ2n) is 2.64. The summed E-state index contributed by atoms with van der Waals surface area (Å²) < 4.78 is 16.1. The van der Waals surface area contributed by atoms with Gasteiger partial charge in [0.2, 0.25) is 7.37 Å². The van der Waals surface area contributed by atoms with Gasteiger partial charge in [0.25, 0.3) is 0 Å². The first-order valence-corrected chi connectivity index (χ1v) is 5.80. The third-order valence-electron chi connectivity index (χ3n) is 1.83. The number of ether oxygens (including phenoxy) is 1. The smallest absolute Gasteiger partial charge is 0.228 e. The average Bonchev–Trinajstić information content (AvgIpc) is 1.89. The van der Waals surface area contributed by atoms with E-state index in [1.54, 1.807) is 0 Å². The standard InChI is InChI=1S/C7H17O3P/c1-4-7(5-2)11(8,9)6-10-3/h7H,4-6H2,1-3H3,(H,8,9). The lowest BCUT2D eigenvalue weighted by Gasteiger charge is -2.19. The van der Waals surface area contributed by atoms with Crippen LogP contribution in [0.25, 0.3) is 0 Å². The van der Waals surface area contributed by atoms with Crippen molar-refractivity contribution in [3.8, 4) is 0 Å². The summed E-state index contributed by atoms with van der Waals surface area (Å²) in [7, 11) is -1.58. The molecule has 0 saturated carbocycles. The summed E-state index contributed by atoms with van der Waals surface area (Å²) in [5.41, 5.74) is -0.0950. The number of rotatable bonds is 5. The van der Waals surface area contributed by atoms with Gasteiger partial charge in [0.05, 0.1) is 0 Å². The fraction of sp³-hybridized carbons (Fsp3) is 1.00. The van der Waals surface area contributed by atoms with Crippen LogP contribution in [0, 0.1) is 0 Å². The molecule has 4 heteroatoms. The predicted molar refractivity (Wildman–Crippen MR) is 46.1 cm³/mol. The third-order valence-corrected chi connectivity index (χ3v) is 4.33. The molecule has 0 spiro atoms. The van der Waals surface area contributed by atoms with Crippen molar-refractivity contribution in [3.63, 3.8) is 0 Å². The zero-order valence-electron chi connectivity index (χ0n) is 7.41. The Labute approximate surface area is 68.2 Å². The molecule has 0 heterocycles. The minimum absolute atomic E-state index is 0.0145. The van der Waals surface area contributed by atoms with Gasteiger partial charge in [-0.1, -0.05) is 13.8 Å². The minimum Gasteiger partial charge on any atom is -0.375 e. The van der Waals surface area contributed by atoms with Crippen LogP contribution < -0.4 is 0 Å². The summed E-state index contributed by atoms with van der Waals surface area (Å²) >= 11 is 0. The van der Waals surface area contributed by atoms with E-state index >= 15 is 0 Å². The summed E-state index contributed by atoms with van der Waals surface area (Å²) in [5, 5.41) is 0. The van der Waals surface area contributed by atoms with Crippen LogP contribution in [0.1, 0.15) is 26.7 Å². The lowest BCUT2D eigenvalue weighted by molar-refractivity contribution is 0.235. The Morgan fingerprint density at radius 1 is 1.45 bits per heavy atom. The van der Waals surface area contributed by atoms with Crippen LogP contribution in [0.15, 0.2) is 0 Å². The zero-order chi connectivity index (χ0) is 8.91. The van der Waals surface area contributed by atoms with Crippen LogP contribution in [0.3, 0.4) is 0 Å². The summed E-state index contributed by atoms with van der Waals surface area (Å²) in [6.07, 6.45) is 1.47. The van der Waals surface area contributed by atoms with Crippen LogP contribution in [0.5, 0.6) is 0 Å². The van der Waals surface area contributed by atoms with E-state index in [1.165, 1.54) is 7.11 Å². The van der Waals surface area contributed by atoms with Crippen molar-refractivity contribution in [3.05, 3.63) is 0 Å². The molecule has 0 aromatic heterocycles. The molecule has 1 unspecified atom stereocenters. The molecule has 68 valence electrons. The zero-order valence-corrected chi connectivity index (χ0v) is 8.30. The lowest BCUT2D eigenvalue weighted by atomic mass is 10.3. The highest BCUT2D eigenvalue weighted by molar-refractivity contribution is 7.58. The molecule has 3 nitrogen and oxygen atoms in total.